The van der Waals surface area contributed by atoms with Gasteiger partial charge < -0.3 is 4.74 Å². The van der Waals surface area contributed by atoms with Gasteiger partial charge in [0, 0.05) is 6.61 Å². The Bertz CT molecular complexity index is 150. The van der Waals surface area contributed by atoms with Gasteiger partial charge >= 0.3 is 0 Å². The molecule has 0 saturated carbocycles. The summed E-state index contributed by atoms with van der Waals surface area (Å²) in [4.78, 5) is 0. The quantitative estimate of drug-likeness (QED) is 0.487. The van der Waals surface area contributed by atoms with Crippen LogP contribution < -0.4 is 0 Å². The molecule has 0 N–H and O–H groups in total. The summed E-state index contributed by atoms with van der Waals surface area (Å²) >= 11 is 5.94. The van der Waals surface area contributed by atoms with Crippen LogP contribution in [0.3, 0.4) is 0 Å². The van der Waals surface area contributed by atoms with E-state index in [1.807, 2.05) is 6.08 Å². The van der Waals surface area contributed by atoms with Crippen molar-refractivity contribution >= 4 is 11.6 Å². The molecule has 2 heteroatoms. The van der Waals surface area contributed by atoms with Gasteiger partial charge in [0.15, 0.2) is 0 Å². The third kappa shape index (κ3) is 1.83. The molecule has 0 spiro atoms. The van der Waals surface area contributed by atoms with E-state index in [9.17, 15) is 0 Å². The first-order valence-electron chi connectivity index (χ1n) is 4.56. The lowest BCUT2D eigenvalue weighted by atomic mass is 9.85. The molecule has 1 fully saturated rings. The van der Waals surface area contributed by atoms with Crippen molar-refractivity contribution in [1.82, 2.24) is 0 Å². The van der Waals surface area contributed by atoms with Crippen molar-refractivity contribution in [3.05, 3.63) is 12.7 Å². The highest BCUT2D eigenvalue weighted by Gasteiger charge is 2.38. The Kier molecular flexibility index (Phi) is 3.60. The monoisotopic (exact) mass is 188 g/mol. The lowest BCUT2D eigenvalue weighted by Crippen LogP contribution is -2.37. The minimum Gasteiger partial charge on any atom is -0.373 e. The Hall–Kier alpha value is -0.0100. The summed E-state index contributed by atoms with van der Waals surface area (Å²) in [6, 6.07) is 0. The fourth-order valence-electron chi connectivity index (χ4n) is 1.81. The summed E-state index contributed by atoms with van der Waals surface area (Å²) in [6.45, 7) is 6.80. The molecule has 70 valence electrons. The number of halogens is 1. The Morgan fingerprint density at radius 3 is 2.92 bits per heavy atom. The second-order valence-corrected chi connectivity index (χ2v) is 3.84. The highest BCUT2D eigenvalue weighted by Crippen LogP contribution is 2.35. The summed E-state index contributed by atoms with van der Waals surface area (Å²) in [5.41, 5.74) is -0.0598. The maximum absolute atomic E-state index is 5.94. The number of hydrogen-bond acceptors (Lipinski definition) is 1. The van der Waals surface area contributed by atoms with Gasteiger partial charge in [0.25, 0.3) is 0 Å². The van der Waals surface area contributed by atoms with Gasteiger partial charge in [-0.25, -0.2) is 0 Å². The van der Waals surface area contributed by atoms with E-state index in [4.69, 9.17) is 16.3 Å². The Morgan fingerprint density at radius 2 is 2.50 bits per heavy atom. The number of hydrogen-bond donors (Lipinski definition) is 0. The van der Waals surface area contributed by atoms with E-state index in [1.54, 1.807) is 0 Å². The molecule has 2 unspecified atom stereocenters. The molecule has 1 aliphatic rings. The fourth-order valence-corrected chi connectivity index (χ4v) is 2.28. The summed E-state index contributed by atoms with van der Waals surface area (Å²) in [5, 5.41) is 0. The molecule has 0 aliphatic carbocycles. The highest BCUT2D eigenvalue weighted by atomic mass is 35.5. The van der Waals surface area contributed by atoms with E-state index in [2.05, 4.69) is 13.5 Å². The summed E-state index contributed by atoms with van der Waals surface area (Å²) in [6.07, 6.45) is 5.19. The van der Waals surface area contributed by atoms with Gasteiger partial charge in [0.05, 0.1) is 11.5 Å². The summed E-state index contributed by atoms with van der Waals surface area (Å²) in [5.74, 6) is 1.11. The van der Waals surface area contributed by atoms with Crippen LogP contribution in [0.2, 0.25) is 0 Å². The SMILES string of the molecule is C=CCC(C)C1(CCl)CCCO1. The van der Waals surface area contributed by atoms with Crippen molar-refractivity contribution in [3.63, 3.8) is 0 Å². The number of allylic oxidation sites excluding steroid dienone is 1. The lowest BCUT2D eigenvalue weighted by Gasteiger charge is -2.32. The maximum Gasteiger partial charge on any atom is 0.0846 e. The standard InChI is InChI=1S/C10H17ClO/c1-3-5-9(2)10(8-11)6-4-7-12-10/h3,9H,1,4-8H2,2H3. The second-order valence-electron chi connectivity index (χ2n) is 3.58. The predicted molar refractivity (Wildman–Crippen MR) is 52.6 cm³/mol. The molecule has 0 radical (unpaired) electrons. The van der Waals surface area contributed by atoms with Crippen LogP contribution in [-0.2, 0) is 4.74 Å². The van der Waals surface area contributed by atoms with Crippen LogP contribution >= 0.6 is 11.6 Å². The third-order valence-electron chi connectivity index (χ3n) is 2.78. The van der Waals surface area contributed by atoms with Crippen LogP contribution in [-0.4, -0.2) is 18.1 Å². The van der Waals surface area contributed by atoms with E-state index in [0.29, 0.717) is 11.8 Å². The molecule has 0 bridgehead atoms. The zero-order valence-electron chi connectivity index (χ0n) is 7.68. The van der Waals surface area contributed by atoms with Crippen LogP contribution in [0.5, 0.6) is 0 Å². The topological polar surface area (TPSA) is 9.23 Å². The molecule has 0 aromatic rings. The van der Waals surface area contributed by atoms with Gasteiger partial charge in [0.1, 0.15) is 0 Å². The largest absolute Gasteiger partial charge is 0.373 e. The Morgan fingerprint density at radius 1 is 1.75 bits per heavy atom. The van der Waals surface area contributed by atoms with E-state index >= 15 is 0 Å². The maximum atomic E-state index is 5.94. The Labute approximate surface area is 79.7 Å². The van der Waals surface area contributed by atoms with E-state index in [0.717, 1.165) is 25.9 Å². The molecule has 1 heterocycles. The van der Waals surface area contributed by atoms with E-state index in [1.165, 1.54) is 0 Å². The van der Waals surface area contributed by atoms with Gasteiger partial charge in [-0.2, -0.15) is 0 Å². The van der Waals surface area contributed by atoms with Gasteiger partial charge in [-0.1, -0.05) is 13.0 Å². The molecule has 1 nitrogen and oxygen atoms in total. The van der Waals surface area contributed by atoms with E-state index < -0.39 is 0 Å². The van der Waals surface area contributed by atoms with Crippen LogP contribution in [0.4, 0.5) is 0 Å². The fraction of sp³-hybridized carbons (Fsp3) is 0.800. The first-order valence-corrected chi connectivity index (χ1v) is 5.09. The number of rotatable bonds is 4. The Balaban J connectivity index is 2.58. The molecule has 1 rings (SSSR count). The minimum absolute atomic E-state index is 0.0598. The van der Waals surface area contributed by atoms with Crippen LogP contribution in [0, 0.1) is 5.92 Å². The zero-order chi connectivity index (χ0) is 9.03. The average molecular weight is 189 g/mol. The van der Waals surface area contributed by atoms with Crippen molar-refractivity contribution < 1.29 is 4.74 Å². The van der Waals surface area contributed by atoms with Crippen molar-refractivity contribution in [2.75, 3.05) is 12.5 Å². The van der Waals surface area contributed by atoms with Crippen LogP contribution in [0.1, 0.15) is 26.2 Å². The van der Waals surface area contributed by atoms with Crippen molar-refractivity contribution in [2.45, 2.75) is 31.8 Å². The summed E-state index contributed by atoms with van der Waals surface area (Å²) < 4.78 is 5.72. The molecular formula is C10H17ClO. The highest BCUT2D eigenvalue weighted by molar-refractivity contribution is 6.18. The minimum atomic E-state index is -0.0598. The first-order chi connectivity index (χ1) is 5.75. The molecular weight excluding hydrogens is 172 g/mol. The predicted octanol–water partition coefficient (Wildman–Crippen LogP) is 2.99. The molecule has 0 amide bonds. The normalized spacial score (nSPS) is 31.8. The number of ether oxygens (including phenoxy) is 1. The molecule has 1 aliphatic heterocycles. The second kappa shape index (κ2) is 4.29. The van der Waals surface area contributed by atoms with Gasteiger partial charge in [-0.3, -0.25) is 0 Å². The molecule has 2 atom stereocenters. The van der Waals surface area contributed by atoms with Crippen molar-refractivity contribution in [3.8, 4) is 0 Å². The van der Waals surface area contributed by atoms with Crippen molar-refractivity contribution in [1.29, 1.82) is 0 Å². The van der Waals surface area contributed by atoms with Gasteiger partial charge in [-0.15, -0.1) is 18.2 Å². The number of alkyl halides is 1. The van der Waals surface area contributed by atoms with Gasteiger partial charge in [-0.05, 0) is 25.2 Å². The molecule has 0 aromatic carbocycles. The van der Waals surface area contributed by atoms with Crippen molar-refractivity contribution in [2.24, 2.45) is 5.92 Å². The first kappa shape index (κ1) is 10.1. The smallest absolute Gasteiger partial charge is 0.0846 e. The summed E-state index contributed by atoms with van der Waals surface area (Å²) in [7, 11) is 0. The third-order valence-corrected chi connectivity index (χ3v) is 3.23. The zero-order valence-corrected chi connectivity index (χ0v) is 8.44. The van der Waals surface area contributed by atoms with Crippen LogP contribution in [0.15, 0.2) is 12.7 Å². The molecule has 1 saturated heterocycles. The average Bonchev–Trinajstić information content (AvgIpc) is 2.54. The van der Waals surface area contributed by atoms with Gasteiger partial charge in [0.2, 0.25) is 0 Å². The molecule has 12 heavy (non-hydrogen) atoms. The van der Waals surface area contributed by atoms with E-state index in [-0.39, 0.29) is 5.60 Å². The molecule has 0 aromatic heterocycles. The lowest BCUT2D eigenvalue weighted by molar-refractivity contribution is -0.0189. The van der Waals surface area contributed by atoms with Crippen LogP contribution in [0.25, 0.3) is 0 Å².